The van der Waals surface area contributed by atoms with Gasteiger partial charge in [-0.15, -0.1) is 0 Å². The third-order valence-corrected chi connectivity index (χ3v) is 7.70. The van der Waals surface area contributed by atoms with Gasteiger partial charge in [0, 0.05) is 23.0 Å². The van der Waals surface area contributed by atoms with Crippen LogP contribution in [0.5, 0.6) is 0 Å². The molecule has 2 saturated heterocycles. The topological polar surface area (TPSA) is 119 Å². The van der Waals surface area contributed by atoms with Crippen LogP contribution in [-0.2, 0) is 20.2 Å². The van der Waals surface area contributed by atoms with Crippen LogP contribution in [0.25, 0.3) is 0 Å². The molecular formula is C20H23N3O6S. The first-order chi connectivity index (χ1) is 14.0. The maximum atomic E-state index is 13.0. The fourth-order valence-corrected chi connectivity index (χ4v) is 6.10. The normalized spacial score (nSPS) is 25.7. The minimum absolute atomic E-state index is 0.0471. The van der Waals surface area contributed by atoms with Crippen LogP contribution in [0, 0.1) is 13.8 Å². The number of hydrogen-bond donors (Lipinski definition) is 1. The summed E-state index contributed by atoms with van der Waals surface area (Å²) in [4.78, 5) is 39.2. The molecule has 4 rings (SSSR count). The Bertz CT molecular complexity index is 1150. The van der Waals surface area contributed by atoms with Gasteiger partial charge in [0.25, 0.3) is 5.91 Å². The van der Waals surface area contributed by atoms with Crippen molar-refractivity contribution in [1.29, 1.82) is 0 Å². The SMILES string of the molecule is Cc1cc(C(=O)CN2C(=O)N[C@](C)(c3ccco3)C2=O)c(C)n1[C@H]1CCS(=O)(=O)C1. The molecule has 10 heteroatoms. The average Bonchev–Trinajstić information content (AvgIpc) is 3.41. The Labute approximate surface area is 173 Å². The fraction of sp³-hybridized carbons (Fsp3) is 0.450. The zero-order chi connectivity index (χ0) is 21.8. The Hall–Kier alpha value is -2.88. The van der Waals surface area contributed by atoms with Gasteiger partial charge in [0.2, 0.25) is 0 Å². The van der Waals surface area contributed by atoms with Crippen LogP contribution in [0.2, 0.25) is 0 Å². The summed E-state index contributed by atoms with van der Waals surface area (Å²) in [6, 6.07) is 4.02. The van der Waals surface area contributed by atoms with Gasteiger partial charge >= 0.3 is 6.03 Å². The second-order valence-electron chi connectivity index (χ2n) is 8.06. The molecule has 2 aliphatic rings. The molecule has 0 aromatic carbocycles. The number of aromatic nitrogens is 1. The van der Waals surface area contributed by atoms with Crippen LogP contribution in [0.15, 0.2) is 28.9 Å². The first-order valence-electron chi connectivity index (χ1n) is 9.63. The van der Waals surface area contributed by atoms with Crippen molar-refractivity contribution in [2.24, 2.45) is 0 Å². The van der Waals surface area contributed by atoms with E-state index >= 15 is 0 Å². The van der Waals surface area contributed by atoms with Gasteiger partial charge in [0.05, 0.1) is 24.3 Å². The highest BCUT2D eigenvalue weighted by Gasteiger charge is 2.51. The molecule has 30 heavy (non-hydrogen) atoms. The van der Waals surface area contributed by atoms with Crippen molar-refractivity contribution in [2.75, 3.05) is 18.1 Å². The van der Waals surface area contributed by atoms with Crippen LogP contribution < -0.4 is 5.32 Å². The molecule has 2 aliphatic heterocycles. The van der Waals surface area contributed by atoms with E-state index in [1.54, 1.807) is 25.1 Å². The molecule has 2 atom stereocenters. The lowest BCUT2D eigenvalue weighted by Gasteiger charge is -2.19. The van der Waals surface area contributed by atoms with E-state index < -0.39 is 33.9 Å². The standard InChI is InChI=1S/C20H23N3O6S/c1-12-9-15(13(2)23(12)14-6-8-30(27,28)11-14)16(24)10-22-18(25)20(3,21-19(22)26)17-5-4-7-29-17/h4-5,7,9,14H,6,8,10-11H2,1-3H3,(H,21,26)/t14-,20+/m0/s1. The Morgan fingerprint density at radius 2 is 2.07 bits per heavy atom. The Kier molecular flexibility index (Phi) is 4.64. The number of rotatable bonds is 5. The number of carbonyl (C=O) groups is 3. The average molecular weight is 433 g/mol. The molecule has 160 valence electrons. The maximum absolute atomic E-state index is 13.0. The van der Waals surface area contributed by atoms with E-state index in [4.69, 9.17) is 4.42 Å². The molecule has 3 amide bonds. The number of sulfone groups is 1. The van der Waals surface area contributed by atoms with Gasteiger partial charge in [-0.1, -0.05) is 0 Å². The van der Waals surface area contributed by atoms with Crippen molar-refractivity contribution in [3.63, 3.8) is 0 Å². The van der Waals surface area contributed by atoms with Gasteiger partial charge in [-0.3, -0.25) is 14.5 Å². The van der Waals surface area contributed by atoms with Crippen molar-refractivity contribution >= 4 is 27.6 Å². The lowest BCUT2D eigenvalue weighted by Crippen LogP contribution is -2.41. The molecule has 0 aliphatic carbocycles. The predicted octanol–water partition coefficient (Wildman–Crippen LogP) is 1.71. The lowest BCUT2D eigenvalue weighted by atomic mass is 9.99. The molecule has 9 nitrogen and oxygen atoms in total. The summed E-state index contributed by atoms with van der Waals surface area (Å²) in [5.74, 6) is -0.484. The van der Waals surface area contributed by atoms with Gasteiger partial charge in [-0.25, -0.2) is 13.2 Å². The van der Waals surface area contributed by atoms with E-state index in [2.05, 4.69) is 5.32 Å². The summed E-state index contributed by atoms with van der Waals surface area (Å²) in [5, 5.41) is 2.59. The smallest absolute Gasteiger partial charge is 0.325 e. The monoisotopic (exact) mass is 433 g/mol. The third-order valence-electron chi connectivity index (χ3n) is 5.95. The van der Waals surface area contributed by atoms with Gasteiger partial charge in [0.15, 0.2) is 21.2 Å². The molecule has 0 spiro atoms. The summed E-state index contributed by atoms with van der Waals surface area (Å²) in [5.41, 5.74) is 0.427. The van der Waals surface area contributed by atoms with E-state index in [1.807, 2.05) is 11.5 Å². The Morgan fingerprint density at radius 1 is 1.33 bits per heavy atom. The number of nitrogens with zero attached hydrogens (tertiary/aromatic N) is 2. The van der Waals surface area contributed by atoms with Crippen molar-refractivity contribution in [3.8, 4) is 0 Å². The lowest BCUT2D eigenvalue weighted by molar-refractivity contribution is -0.131. The first-order valence-corrected chi connectivity index (χ1v) is 11.5. The summed E-state index contributed by atoms with van der Waals surface area (Å²) in [7, 11) is -3.08. The van der Waals surface area contributed by atoms with Gasteiger partial charge in [-0.2, -0.15) is 0 Å². The number of hydrogen-bond acceptors (Lipinski definition) is 6. The minimum atomic E-state index is -3.08. The van der Waals surface area contributed by atoms with Crippen LogP contribution in [0.1, 0.15) is 46.9 Å². The largest absolute Gasteiger partial charge is 0.466 e. The molecule has 2 aromatic heterocycles. The molecular weight excluding hydrogens is 410 g/mol. The van der Waals surface area contributed by atoms with Crippen LogP contribution in [0.4, 0.5) is 4.79 Å². The van der Waals surface area contributed by atoms with Crippen molar-refractivity contribution in [3.05, 3.63) is 47.2 Å². The highest BCUT2D eigenvalue weighted by Crippen LogP contribution is 2.31. The summed E-state index contributed by atoms with van der Waals surface area (Å²) < 4.78 is 30.9. The second-order valence-corrected chi connectivity index (χ2v) is 10.3. The number of aryl methyl sites for hydroxylation is 1. The number of nitrogens with one attached hydrogen (secondary N) is 1. The van der Waals surface area contributed by atoms with Gasteiger partial charge in [-0.05, 0) is 45.4 Å². The minimum Gasteiger partial charge on any atom is -0.466 e. The third kappa shape index (κ3) is 3.15. The van der Waals surface area contributed by atoms with E-state index in [0.717, 1.165) is 10.6 Å². The summed E-state index contributed by atoms with van der Waals surface area (Å²) in [6.45, 7) is 4.69. The first kappa shape index (κ1) is 20.4. The number of amides is 3. The number of imide groups is 1. The van der Waals surface area contributed by atoms with E-state index in [1.165, 1.54) is 13.2 Å². The van der Waals surface area contributed by atoms with Crippen LogP contribution in [-0.4, -0.2) is 53.7 Å². The molecule has 0 unspecified atom stereocenters. The number of carbonyl (C=O) groups excluding carboxylic acids is 3. The fourth-order valence-electron chi connectivity index (χ4n) is 4.40. The number of urea groups is 1. The van der Waals surface area contributed by atoms with E-state index in [-0.39, 0.29) is 29.1 Å². The predicted molar refractivity (Wildman–Crippen MR) is 107 cm³/mol. The molecule has 0 radical (unpaired) electrons. The summed E-state index contributed by atoms with van der Waals surface area (Å²) >= 11 is 0. The van der Waals surface area contributed by atoms with E-state index in [9.17, 15) is 22.8 Å². The number of ketones is 1. The number of Topliss-reactive ketones (excluding diaryl/α,β-unsaturated/α-hetero) is 1. The summed E-state index contributed by atoms with van der Waals surface area (Å²) in [6.07, 6.45) is 1.91. The quantitative estimate of drug-likeness (QED) is 0.566. The zero-order valence-electron chi connectivity index (χ0n) is 17.0. The van der Waals surface area contributed by atoms with Crippen molar-refractivity contribution < 1.29 is 27.2 Å². The van der Waals surface area contributed by atoms with Gasteiger partial charge < -0.3 is 14.3 Å². The number of furan rings is 1. The molecule has 0 bridgehead atoms. The maximum Gasteiger partial charge on any atom is 0.325 e. The molecule has 4 heterocycles. The van der Waals surface area contributed by atoms with Crippen LogP contribution >= 0.6 is 0 Å². The van der Waals surface area contributed by atoms with Gasteiger partial charge in [0.1, 0.15) is 5.76 Å². The van der Waals surface area contributed by atoms with Crippen LogP contribution in [0.3, 0.4) is 0 Å². The van der Waals surface area contributed by atoms with E-state index in [0.29, 0.717) is 17.7 Å². The molecule has 2 fully saturated rings. The zero-order valence-corrected chi connectivity index (χ0v) is 17.8. The highest BCUT2D eigenvalue weighted by molar-refractivity contribution is 7.91. The Morgan fingerprint density at radius 3 is 2.67 bits per heavy atom. The molecule has 0 saturated carbocycles. The highest BCUT2D eigenvalue weighted by atomic mass is 32.2. The van der Waals surface area contributed by atoms with Crippen molar-refractivity contribution in [2.45, 2.75) is 38.8 Å². The Balaban J connectivity index is 1.57. The molecule has 1 N–H and O–H groups in total. The second kappa shape index (κ2) is 6.83. The van der Waals surface area contributed by atoms with Crippen molar-refractivity contribution in [1.82, 2.24) is 14.8 Å². The molecule has 2 aromatic rings.